The number of nitrogens with zero attached hydrogens (tertiary/aromatic N) is 3. The third-order valence-electron chi connectivity index (χ3n) is 5.38. The van der Waals surface area contributed by atoms with E-state index in [4.69, 9.17) is 0 Å². The van der Waals surface area contributed by atoms with Crippen LogP contribution in [0.25, 0.3) is 0 Å². The van der Waals surface area contributed by atoms with Gasteiger partial charge in [-0.1, -0.05) is 19.1 Å². The monoisotopic (exact) mass is 415 g/mol. The number of carbonyl (C=O) groups excluding carboxylic acids is 2. The van der Waals surface area contributed by atoms with Crippen LogP contribution in [0.4, 0.5) is 8.78 Å². The highest BCUT2D eigenvalue weighted by Gasteiger charge is 2.22. The Bertz CT molecular complexity index is 848. The predicted molar refractivity (Wildman–Crippen MR) is 111 cm³/mol. The van der Waals surface area contributed by atoms with E-state index in [1.54, 1.807) is 17.0 Å². The average molecular weight is 415 g/mol. The van der Waals surface area contributed by atoms with Gasteiger partial charge < -0.3 is 9.80 Å². The summed E-state index contributed by atoms with van der Waals surface area (Å²) in [5, 5.41) is 0. The molecule has 1 aliphatic heterocycles. The topological polar surface area (TPSA) is 43.9 Å². The van der Waals surface area contributed by atoms with Crippen molar-refractivity contribution in [1.82, 2.24) is 14.7 Å². The van der Waals surface area contributed by atoms with Crippen LogP contribution in [0.5, 0.6) is 0 Å². The molecule has 0 unspecified atom stereocenters. The van der Waals surface area contributed by atoms with Crippen molar-refractivity contribution in [3.05, 3.63) is 71.3 Å². The van der Waals surface area contributed by atoms with Gasteiger partial charge in [0.15, 0.2) is 0 Å². The number of carbonyl (C=O) groups is 2. The van der Waals surface area contributed by atoms with E-state index < -0.39 is 5.82 Å². The summed E-state index contributed by atoms with van der Waals surface area (Å²) in [6.45, 7) is 6.26. The second-order valence-corrected chi connectivity index (χ2v) is 7.44. The lowest BCUT2D eigenvalue weighted by Crippen LogP contribution is -2.50. The molecule has 3 rings (SSSR count). The molecular formula is C23H27F2N3O2. The number of hydrogen-bond donors (Lipinski definition) is 0. The second-order valence-electron chi connectivity index (χ2n) is 7.44. The minimum atomic E-state index is -0.392. The Kier molecular flexibility index (Phi) is 7.52. The number of halogens is 2. The van der Waals surface area contributed by atoms with Gasteiger partial charge in [0.25, 0.3) is 5.91 Å². The molecule has 0 aliphatic carbocycles. The van der Waals surface area contributed by atoms with Crippen molar-refractivity contribution in [2.75, 3.05) is 39.3 Å². The normalized spacial score (nSPS) is 14.6. The smallest absolute Gasteiger partial charge is 0.254 e. The highest BCUT2D eigenvalue weighted by atomic mass is 19.1. The number of amides is 2. The van der Waals surface area contributed by atoms with Crippen molar-refractivity contribution in [1.29, 1.82) is 0 Å². The van der Waals surface area contributed by atoms with Crippen molar-refractivity contribution < 1.29 is 18.4 Å². The van der Waals surface area contributed by atoms with E-state index in [0.29, 0.717) is 44.7 Å². The SMILES string of the molecule is CCC(=O)N1CCN(CCN(Cc2ccc(F)cc2)C(=O)c2ccc(F)cc2)CC1. The Morgan fingerprint density at radius 3 is 2.03 bits per heavy atom. The zero-order chi connectivity index (χ0) is 21.5. The van der Waals surface area contributed by atoms with Crippen LogP contribution >= 0.6 is 0 Å². The Hall–Kier alpha value is -2.80. The van der Waals surface area contributed by atoms with Gasteiger partial charge in [-0.05, 0) is 42.0 Å². The second kappa shape index (κ2) is 10.3. The molecule has 0 spiro atoms. The summed E-state index contributed by atoms with van der Waals surface area (Å²) in [5.41, 5.74) is 1.24. The van der Waals surface area contributed by atoms with Crippen molar-refractivity contribution in [3.8, 4) is 0 Å². The maximum Gasteiger partial charge on any atom is 0.254 e. The fourth-order valence-corrected chi connectivity index (χ4v) is 3.54. The Labute approximate surface area is 175 Å². The van der Waals surface area contributed by atoms with Gasteiger partial charge in [0.1, 0.15) is 11.6 Å². The van der Waals surface area contributed by atoms with Crippen LogP contribution < -0.4 is 0 Å². The van der Waals surface area contributed by atoms with Gasteiger partial charge in [-0.15, -0.1) is 0 Å². The minimum Gasteiger partial charge on any atom is -0.340 e. The van der Waals surface area contributed by atoms with Crippen molar-refractivity contribution >= 4 is 11.8 Å². The van der Waals surface area contributed by atoms with E-state index in [2.05, 4.69) is 4.90 Å². The zero-order valence-corrected chi connectivity index (χ0v) is 17.2. The third-order valence-corrected chi connectivity index (χ3v) is 5.38. The first kappa shape index (κ1) is 21.9. The molecule has 2 aromatic rings. The van der Waals surface area contributed by atoms with Crippen molar-refractivity contribution in [3.63, 3.8) is 0 Å². The van der Waals surface area contributed by atoms with Gasteiger partial charge in [0.05, 0.1) is 0 Å². The average Bonchev–Trinajstić information content (AvgIpc) is 2.78. The molecule has 1 fully saturated rings. The summed E-state index contributed by atoms with van der Waals surface area (Å²) in [6, 6.07) is 11.6. The quantitative estimate of drug-likeness (QED) is 0.698. The molecule has 5 nitrogen and oxygen atoms in total. The highest BCUT2D eigenvalue weighted by Crippen LogP contribution is 2.13. The number of piperazine rings is 1. The number of hydrogen-bond acceptors (Lipinski definition) is 3. The van der Waals surface area contributed by atoms with Gasteiger partial charge >= 0.3 is 0 Å². The van der Waals surface area contributed by atoms with Crippen LogP contribution in [0.15, 0.2) is 48.5 Å². The molecule has 0 radical (unpaired) electrons. The van der Waals surface area contributed by atoms with Crippen LogP contribution in [0, 0.1) is 11.6 Å². The van der Waals surface area contributed by atoms with Crippen molar-refractivity contribution in [2.45, 2.75) is 19.9 Å². The molecular weight excluding hydrogens is 388 g/mol. The summed E-state index contributed by atoms with van der Waals surface area (Å²) in [4.78, 5) is 30.7. The van der Waals surface area contributed by atoms with E-state index in [1.807, 2.05) is 11.8 Å². The number of benzene rings is 2. The maximum atomic E-state index is 13.2. The van der Waals surface area contributed by atoms with Crippen LogP contribution in [0.2, 0.25) is 0 Å². The van der Waals surface area contributed by atoms with E-state index in [-0.39, 0.29) is 17.6 Å². The fourth-order valence-electron chi connectivity index (χ4n) is 3.54. The van der Waals surface area contributed by atoms with E-state index in [0.717, 1.165) is 18.7 Å². The van der Waals surface area contributed by atoms with Gasteiger partial charge in [-0.2, -0.15) is 0 Å². The molecule has 0 atom stereocenters. The van der Waals surface area contributed by atoms with E-state index in [9.17, 15) is 18.4 Å². The molecule has 1 aliphatic rings. The zero-order valence-electron chi connectivity index (χ0n) is 17.2. The summed E-state index contributed by atoms with van der Waals surface area (Å²) >= 11 is 0. The molecule has 30 heavy (non-hydrogen) atoms. The number of rotatable bonds is 7. The predicted octanol–water partition coefficient (Wildman–Crippen LogP) is 3.16. The van der Waals surface area contributed by atoms with Gasteiger partial charge in [0, 0.05) is 57.8 Å². The largest absolute Gasteiger partial charge is 0.340 e. The molecule has 1 saturated heterocycles. The molecule has 2 aromatic carbocycles. The molecule has 0 N–H and O–H groups in total. The van der Waals surface area contributed by atoms with Crippen LogP contribution in [-0.2, 0) is 11.3 Å². The molecule has 0 aromatic heterocycles. The Balaban J connectivity index is 1.65. The maximum absolute atomic E-state index is 13.2. The molecule has 160 valence electrons. The van der Waals surface area contributed by atoms with Crippen LogP contribution in [-0.4, -0.2) is 65.8 Å². The van der Waals surface area contributed by atoms with E-state index >= 15 is 0 Å². The Morgan fingerprint density at radius 1 is 0.900 bits per heavy atom. The Morgan fingerprint density at radius 2 is 1.47 bits per heavy atom. The van der Waals surface area contributed by atoms with Gasteiger partial charge in [0.2, 0.25) is 5.91 Å². The molecule has 0 saturated carbocycles. The van der Waals surface area contributed by atoms with Crippen molar-refractivity contribution in [2.24, 2.45) is 0 Å². The van der Waals surface area contributed by atoms with Gasteiger partial charge in [-0.25, -0.2) is 8.78 Å². The molecule has 7 heteroatoms. The summed E-state index contributed by atoms with van der Waals surface area (Å²) in [5.74, 6) is -0.746. The molecule has 0 bridgehead atoms. The first-order valence-electron chi connectivity index (χ1n) is 10.3. The first-order valence-corrected chi connectivity index (χ1v) is 10.3. The lowest BCUT2D eigenvalue weighted by molar-refractivity contribution is -0.132. The fraction of sp³-hybridized carbons (Fsp3) is 0.391. The lowest BCUT2D eigenvalue weighted by Gasteiger charge is -2.35. The summed E-state index contributed by atoms with van der Waals surface area (Å²) in [6.07, 6.45) is 0.512. The summed E-state index contributed by atoms with van der Waals surface area (Å²) < 4.78 is 26.5. The standard InChI is InChI=1S/C23H27F2N3O2/c1-2-22(29)27-14-11-26(12-15-27)13-16-28(17-18-3-7-20(24)8-4-18)23(30)19-5-9-21(25)10-6-19/h3-10H,2,11-17H2,1H3. The minimum absolute atomic E-state index is 0.166. The lowest BCUT2D eigenvalue weighted by atomic mass is 10.1. The summed E-state index contributed by atoms with van der Waals surface area (Å²) in [7, 11) is 0. The van der Waals surface area contributed by atoms with E-state index in [1.165, 1.54) is 36.4 Å². The molecule has 2 amide bonds. The molecule has 1 heterocycles. The third kappa shape index (κ3) is 5.86. The van der Waals surface area contributed by atoms with Crippen LogP contribution in [0.3, 0.4) is 0 Å². The van der Waals surface area contributed by atoms with Crippen LogP contribution in [0.1, 0.15) is 29.3 Å². The first-order chi connectivity index (χ1) is 14.5. The highest BCUT2D eigenvalue weighted by molar-refractivity contribution is 5.94. The van der Waals surface area contributed by atoms with Gasteiger partial charge in [-0.3, -0.25) is 14.5 Å².